The molecular weight excluding hydrogens is 407 g/mol. The van der Waals surface area contributed by atoms with Gasteiger partial charge in [-0.25, -0.2) is 17.5 Å². The highest BCUT2D eigenvalue weighted by atomic mass is 79.9. The van der Waals surface area contributed by atoms with Gasteiger partial charge in [0.25, 0.3) is 0 Å². The third-order valence-corrected chi connectivity index (χ3v) is 7.38. The van der Waals surface area contributed by atoms with Crippen molar-refractivity contribution in [1.29, 1.82) is 0 Å². The maximum absolute atomic E-state index is 14.2. The molecule has 0 amide bonds. The van der Waals surface area contributed by atoms with Crippen LogP contribution < -0.4 is 10.0 Å². The van der Waals surface area contributed by atoms with Crippen LogP contribution in [0.1, 0.15) is 50.5 Å². The largest absolute Gasteiger partial charge is 0.382 e. The maximum Gasteiger partial charge on any atom is 0.211 e. The van der Waals surface area contributed by atoms with Gasteiger partial charge in [-0.1, -0.05) is 29.3 Å². The monoisotopic (exact) mass is 432 g/mol. The van der Waals surface area contributed by atoms with E-state index in [1.807, 2.05) is 13.0 Å². The Morgan fingerprint density at radius 3 is 2.92 bits per heavy atom. The quantitative estimate of drug-likeness (QED) is 0.706. The molecule has 1 aliphatic heterocycles. The molecule has 2 N–H and O–H groups in total. The Labute approximate surface area is 158 Å². The van der Waals surface area contributed by atoms with Gasteiger partial charge in [0, 0.05) is 17.6 Å². The number of rotatable bonds is 6. The van der Waals surface area contributed by atoms with Crippen LogP contribution in [0.4, 0.5) is 10.1 Å². The van der Waals surface area contributed by atoms with Crippen molar-refractivity contribution in [3.05, 3.63) is 28.0 Å². The highest BCUT2D eigenvalue weighted by molar-refractivity contribution is 9.10. The van der Waals surface area contributed by atoms with Crippen molar-refractivity contribution in [2.75, 3.05) is 24.2 Å². The summed E-state index contributed by atoms with van der Waals surface area (Å²) in [5, 5.41) is 3.24. The van der Waals surface area contributed by atoms with Gasteiger partial charge in [0.15, 0.2) is 0 Å². The van der Waals surface area contributed by atoms with Crippen LogP contribution in [-0.2, 0) is 10.0 Å². The summed E-state index contributed by atoms with van der Waals surface area (Å²) in [7, 11) is -3.18. The number of sulfonamides is 1. The number of benzene rings is 1. The zero-order chi connectivity index (χ0) is 18.0. The fourth-order valence-electron chi connectivity index (χ4n) is 4.09. The molecule has 0 saturated heterocycles. The molecule has 3 atom stereocenters. The third kappa shape index (κ3) is 4.55. The normalized spacial score (nSPS) is 25.8. The van der Waals surface area contributed by atoms with E-state index in [1.54, 1.807) is 0 Å². The summed E-state index contributed by atoms with van der Waals surface area (Å²) >= 11 is 3.39. The minimum absolute atomic E-state index is 0.202. The van der Waals surface area contributed by atoms with Crippen LogP contribution in [0.15, 0.2) is 16.6 Å². The predicted octanol–water partition coefficient (Wildman–Crippen LogP) is 4.23. The molecule has 1 aromatic rings. The van der Waals surface area contributed by atoms with Gasteiger partial charge in [-0.2, -0.15) is 0 Å². The molecule has 0 spiro atoms. The number of hydrogen-bond donors (Lipinski definition) is 2. The van der Waals surface area contributed by atoms with Crippen LogP contribution in [0.25, 0.3) is 0 Å². The molecule has 1 aliphatic carbocycles. The second kappa shape index (κ2) is 7.92. The van der Waals surface area contributed by atoms with E-state index >= 15 is 0 Å². The van der Waals surface area contributed by atoms with Crippen LogP contribution >= 0.6 is 15.9 Å². The van der Waals surface area contributed by atoms with E-state index in [1.165, 1.54) is 6.07 Å². The highest BCUT2D eigenvalue weighted by Crippen LogP contribution is 2.47. The SMILES string of the molecule is CCCCS(=O)(=O)NCC1CCC2CNc3c(F)cc(Br)cc3C2C1. The number of nitrogens with one attached hydrogen (secondary N) is 2. The lowest BCUT2D eigenvalue weighted by Gasteiger charge is -2.41. The fourth-order valence-corrected chi connectivity index (χ4v) is 5.84. The first-order valence-electron chi connectivity index (χ1n) is 9.09. The number of fused-ring (bicyclic) bond motifs is 3. The molecule has 2 aliphatic rings. The third-order valence-electron chi connectivity index (χ3n) is 5.49. The van der Waals surface area contributed by atoms with E-state index < -0.39 is 10.0 Å². The molecule has 0 aromatic heterocycles. The molecule has 4 nitrogen and oxygen atoms in total. The van der Waals surface area contributed by atoms with Crippen molar-refractivity contribution in [3.63, 3.8) is 0 Å². The van der Waals surface area contributed by atoms with Gasteiger partial charge in [0.2, 0.25) is 10.0 Å². The number of anilines is 1. The van der Waals surface area contributed by atoms with Gasteiger partial charge < -0.3 is 5.32 Å². The smallest absolute Gasteiger partial charge is 0.211 e. The van der Waals surface area contributed by atoms with Gasteiger partial charge in [0.05, 0.1) is 11.4 Å². The molecule has 1 saturated carbocycles. The van der Waals surface area contributed by atoms with Gasteiger partial charge in [-0.3, -0.25) is 0 Å². The van der Waals surface area contributed by atoms with Gasteiger partial charge in [-0.05, 0) is 61.1 Å². The second-order valence-corrected chi connectivity index (χ2v) is 10.1. The number of halogens is 2. The summed E-state index contributed by atoms with van der Waals surface area (Å²) in [4.78, 5) is 0. The molecule has 0 bridgehead atoms. The Kier molecular flexibility index (Phi) is 6.06. The lowest BCUT2D eigenvalue weighted by atomic mass is 9.69. The Balaban J connectivity index is 1.68. The molecule has 0 radical (unpaired) electrons. The molecule has 3 unspecified atom stereocenters. The minimum Gasteiger partial charge on any atom is -0.382 e. The molecule has 25 heavy (non-hydrogen) atoms. The molecule has 1 aromatic carbocycles. The van der Waals surface area contributed by atoms with E-state index in [0.717, 1.165) is 42.3 Å². The Morgan fingerprint density at radius 2 is 2.16 bits per heavy atom. The lowest BCUT2D eigenvalue weighted by molar-refractivity contribution is 0.239. The van der Waals surface area contributed by atoms with Crippen molar-refractivity contribution in [1.82, 2.24) is 4.72 Å². The molecule has 3 rings (SSSR count). The van der Waals surface area contributed by atoms with Crippen molar-refractivity contribution < 1.29 is 12.8 Å². The Hall–Kier alpha value is -0.660. The second-order valence-electron chi connectivity index (χ2n) is 7.30. The van der Waals surface area contributed by atoms with Crippen molar-refractivity contribution in [3.8, 4) is 0 Å². The summed E-state index contributed by atoms with van der Waals surface area (Å²) in [6, 6.07) is 3.50. The Morgan fingerprint density at radius 1 is 1.36 bits per heavy atom. The standard InChI is InChI=1S/C18H26BrFN2O2S/c1-2-3-6-25(23,24)22-10-12-4-5-13-11-21-18-16(15(13)7-12)8-14(19)9-17(18)20/h8-9,12-13,15,21-22H,2-7,10-11H2,1H3. The summed E-state index contributed by atoms with van der Waals surface area (Å²) in [5.41, 5.74) is 1.65. The van der Waals surface area contributed by atoms with Crippen molar-refractivity contribution in [2.45, 2.75) is 44.9 Å². The van der Waals surface area contributed by atoms with E-state index in [-0.39, 0.29) is 11.6 Å². The summed E-state index contributed by atoms with van der Waals surface area (Å²) in [6.45, 7) is 3.28. The van der Waals surface area contributed by atoms with Crippen molar-refractivity contribution in [2.24, 2.45) is 11.8 Å². The zero-order valence-electron chi connectivity index (χ0n) is 14.5. The summed E-state index contributed by atoms with van der Waals surface area (Å²) < 4.78 is 41.8. The first kappa shape index (κ1) is 19.1. The Bertz CT molecular complexity index is 726. The van der Waals surface area contributed by atoms with Crippen LogP contribution in [0.5, 0.6) is 0 Å². The first-order valence-corrected chi connectivity index (χ1v) is 11.5. The van der Waals surface area contributed by atoms with Crippen LogP contribution in [0.3, 0.4) is 0 Å². The number of unbranched alkanes of at least 4 members (excludes halogenated alkanes) is 1. The maximum atomic E-state index is 14.2. The zero-order valence-corrected chi connectivity index (χ0v) is 16.9. The lowest BCUT2D eigenvalue weighted by Crippen LogP contribution is -2.38. The van der Waals surface area contributed by atoms with E-state index in [9.17, 15) is 12.8 Å². The van der Waals surface area contributed by atoms with E-state index in [4.69, 9.17) is 0 Å². The minimum atomic E-state index is -3.18. The van der Waals surface area contributed by atoms with Gasteiger partial charge in [-0.15, -0.1) is 0 Å². The molecule has 140 valence electrons. The fraction of sp³-hybridized carbons (Fsp3) is 0.667. The first-order chi connectivity index (χ1) is 11.9. The average Bonchev–Trinajstić information content (AvgIpc) is 2.58. The van der Waals surface area contributed by atoms with Gasteiger partial charge >= 0.3 is 0 Å². The predicted molar refractivity (Wildman–Crippen MR) is 103 cm³/mol. The van der Waals surface area contributed by atoms with Crippen molar-refractivity contribution >= 4 is 31.6 Å². The molecule has 1 heterocycles. The molecule has 7 heteroatoms. The van der Waals surface area contributed by atoms with Crippen LogP contribution in [0.2, 0.25) is 0 Å². The number of hydrogen-bond acceptors (Lipinski definition) is 3. The van der Waals surface area contributed by atoms with Gasteiger partial charge in [0.1, 0.15) is 5.82 Å². The summed E-state index contributed by atoms with van der Waals surface area (Å²) in [6.07, 6.45) is 4.54. The molecular formula is C18H26BrFN2O2S. The van der Waals surface area contributed by atoms with E-state index in [0.29, 0.717) is 36.4 Å². The van der Waals surface area contributed by atoms with Crippen LogP contribution in [0, 0.1) is 17.7 Å². The summed E-state index contributed by atoms with van der Waals surface area (Å²) in [5.74, 6) is 1.08. The highest BCUT2D eigenvalue weighted by Gasteiger charge is 2.36. The van der Waals surface area contributed by atoms with Crippen LogP contribution in [-0.4, -0.2) is 27.3 Å². The average molecular weight is 433 g/mol. The van der Waals surface area contributed by atoms with E-state index in [2.05, 4.69) is 26.0 Å². The topological polar surface area (TPSA) is 58.2 Å². The molecule has 1 fully saturated rings.